The van der Waals surface area contributed by atoms with Crippen LogP contribution in [-0.2, 0) is 0 Å². The first kappa shape index (κ1) is 18.1. The Balaban J connectivity index is 1.75. The lowest BCUT2D eigenvalue weighted by atomic mass is 9.85. The normalized spacial score (nSPS) is 13.8. The van der Waals surface area contributed by atoms with Gasteiger partial charge in [0.25, 0.3) is 0 Å². The summed E-state index contributed by atoms with van der Waals surface area (Å²) in [6, 6.07) is 20.9. The van der Waals surface area contributed by atoms with Crippen molar-refractivity contribution in [2.24, 2.45) is 5.41 Å². The number of ether oxygens (including phenoxy) is 2. The lowest BCUT2D eigenvalue weighted by molar-refractivity contribution is -0.0348. The Bertz CT molecular complexity index is 790. The van der Waals surface area contributed by atoms with E-state index in [0.717, 1.165) is 17.2 Å². The molecular formula is C22H25NO3. The van der Waals surface area contributed by atoms with E-state index in [0.29, 0.717) is 5.75 Å². The van der Waals surface area contributed by atoms with Crippen molar-refractivity contribution in [3.05, 3.63) is 78.6 Å². The summed E-state index contributed by atoms with van der Waals surface area (Å²) >= 11 is 0. The third-order valence-electron chi connectivity index (χ3n) is 4.17. The minimum absolute atomic E-state index is 0.313. The van der Waals surface area contributed by atoms with Gasteiger partial charge in [0.15, 0.2) is 6.10 Å². The molecule has 136 valence electrons. The van der Waals surface area contributed by atoms with Crippen LogP contribution in [0.15, 0.2) is 72.9 Å². The molecule has 0 aliphatic heterocycles. The molecule has 0 spiro atoms. The van der Waals surface area contributed by atoms with Crippen molar-refractivity contribution in [2.75, 3.05) is 0 Å². The van der Waals surface area contributed by atoms with E-state index in [2.05, 4.69) is 4.98 Å². The first-order valence-electron chi connectivity index (χ1n) is 8.74. The van der Waals surface area contributed by atoms with Gasteiger partial charge < -0.3 is 19.6 Å². The molecule has 4 nitrogen and oxygen atoms in total. The van der Waals surface area contributed by atoms with Crippen LogP contribution in [0.5, 0.6) is 17.2 Å². The summed E-state index contributed by atoms with van der Waals surface area (Å²) in [5, 5.41) is 10.8. The maximum Gasteiger partial charge on any atom is 0.165 e. The Labute approximate surface area is 154 Å². The standard InChI is InChI=1S/C22H25NO3/c1-22(2,3)21(24)20(19-10-7-15-23-19)26-18-13-11-17(12-14-18)25-16-8-5-4-6-9-16/h4-15,20-21,23-24H,1-3H3. The third kappa shape index (κ3) is 4.46. The van der Waals surface area contributed by atoms with Crippen molar-refractivity contribution < 1.29 is 14.6 Å². The Morgan fingerprint density at radius 1 is 0.808 bits per heavy atom. The Kier molecular flexibility index (Phi) is 5.33. The van der Waals surface area contributed by atoms with E-state index in [9.17, 15) is 5.11 Å². The molecule has 0 radical (unpaired) electrons. The van der Waals surface area contributed by atoms with Gasteiger partial charge in [-0.15, -0.1) is 0 Å². The number of aliphatic hydroxyl groups is 1. The zero-order valence-corrected chi connectivity index (χ0v) is 15.3. The van der Waals surface area contributed by atoms with E-state index in [-0.39, 0.29) is 5.41 Å². The molecule has 26 heavy (non-hydrogen) atoms. The van der Waals surface area contributed by atoms with Crippen molar-refractivity contribution in [2.45, 2.75) is 33.0 Å². The summed E-state index contributed by atoms with van der Waals surface area (Å²) in [6.07, 6.45) is 0.685. The molecule has 2 aromatic carbocycles. The van der Waals surface area contributed by atoms with Crippen LogP contribution < -0.4 is 9.47 Å². The van der Waals surface area contributed by atoms with Crippen LogP contribution in [0.3, 0.4) is 0 Å². The first-order valence-corrected chi connectivity index (χ1v) is 8.74. The van der Waals surface area contributed by atoms with Gasteiger partial charge in [-0.2, -0.15) is 0 Å². The number of nitrogens with one attached hydrogen (secondary N) is 1. The molecule has 0 saturated heterocycles. The number of aromatic nitrogens is 1. The van der Waals surface area contributed by atoms with Gasteiger partial charge in [-0.25, -0.2) is 0 Å². The van der Waals surface area contributed by atoms with Gasteiger partial charge in [0.05, 0.1) is 5.69 Å². The fraction of sp³-hybridized carbons (Fsp3) is 0.273. The van der Waals surface area contributed by atoms with E-state index in [1.807, 2.05) is 93.7 Å². The highest BCUT2D eigenvalue weighted by Crippen LogP contribution is 2.34. The van der Waals surface area contributed by atoms with Crippen LogP contribution in [0.2, 0.25) is 0 Å². The van der Waals surface area contributed by atoms with E-state index in [1.165, 1.54) is 0 Å². The maximum absolute atomic E-state index is 10.8. The van der Waals surface area contributed by atoms with Crippen molar-refractivity contribution in [1.82, 2.24) is 4.98 Å². The van der Waals surface area contributed by atoms with Crippen LogP contribution in [0.25, 0.3) is 0 Å². The molecule has 3 rings (SSSR count). The fourth-order valence-electron chi connectivity index (χ4n) is 2.63. The van der Waals surface area contributed by atoms with E-state index in [1.54, 1.807) is 0 Å². The van der Waals surface area contributed by atoms with E-state index in [4.69, 9.17) is 9.47 Å². The molecule has 0 bridgehead atoms. The molecule has 3 aromatic rings. The molecule has 1 aromatic heterocycles. The quantitative estimate of drug-likeness (QED) is 0.631. The molecule has 0 aliphatic carbocycles. The van der Waals surface area contributed by atoms with Gasteiger partial charge >= 0.3 is 0 Å². The molecule has 0 saturated carbocycles. The van der Waals surface area contributed by atoms with Crippen molar-refractivity contribution in [3.8, 4) is 17.2 Å². The molecule has 2 N–H and O–H groups in total. The van der Waals surface area contributed by atoms with Gasteiger partial charge in [-0.3, -0.25) is 0 Å². The summed E-state index contributed by atoms with van der Waals surface area (Å²) in [6.45, 7) is 5.98. The fourth-order valence-corrected chi connectivity index (χ4v) is 2.63. The van der Waals surface area contributed by atoms with Gasteiger partial charge in [0.2, 0.25) is 0 Å². The molecule has 0 fully saturated rings. The van der Waals surface area contributed by atoms with Gasteiger partial charge in [0.1, 0.15) is 23.4 Å². The number of aliphatic hydroxyl groups excluding tert-OH is 1. The highest BCUT2D eigenvalue weighted by atomic mass is 16.5. The Hall–Kier alpha value is -2.72. The molecule has 2 atom stereocenters. The summed E-state index contributed by atoms with van der Waals surface area (Å²) in [5.41, 5.74) is 0.531. The molecule has 2 unspecified atom stereocenters. The number of hydrogen-bond donors (Lipinski definition) is 2. The van der Waals surface area contributed by atoms with E-state index >= 15 is 0 Å². The van der Waals surface area contributed by atoms with Crippen molar-refractivity contribution in [1.29, 1.82) is 0 Å². The molecular weight excluding hydrogens is 326 g/mol. The SMILES string of the molecule is CC(C)(C)C(O)C(Oc1ccc(Oc2ccccc2)cc1)c1ccc[nH]1. The second-order valence-electron chi connectivity index (χ2n) is 7.36. The zero-order chi connectivity index (χ0) is 18.6. The number of hydrogen-bond acceptors (Lipinski definition) is 3. The average Bonchev–Trinajstić information content (AvgIpc) is 3.15. The summed E-state index contributed by atoms with van der Waals surface area (Å²) in [7, 11) is 0. The molecule has 0 amide bonds. The topological polar surface area (TPSA) is 54.5 Å². The minimum Gasteiger partial charge on any atom is -0.481 e. The zero-order valence-electron chi connectivity index (χ0n) is 15.3. The predicted molar refractivity (Wildman–Crippen MR) is 103 cm³/mol. The summed E-state index contributed by atoms with van der Waals surface area (Å²) in [5.74, 6) is 2.19. The van der Waals surface area contributed by atoms with Crippen molar-refractivity contribution >= 4 is 0 Å². The molecule has 0 aliphatic rings. The maximum atomic E-state index is 10.8. The van der Waals surface area contributed by atoms with Crippen molar-refractivity contribution in [3.63, 3.8) is 0 Å². The monoisotopic (exact) mass is 351 g/mol. The number of para-hydroxylation sites is 1. The summed E-state index contributed by atoms with van der Waals surface area (Å²) < 4.78 is 11.9. The van der Waals surface area contributed by atoms with Crippen LogP contribution in [0.1, 0.15) is 32.6 Å². The summed E-state index contributed by atoms with van der Waals surface area (Å²) in [4.78, 5) is 3.14. The number of H-pyrrole nitrogens is 1. The second-order valence-corrected chi connectivity index (χ2v) is 7.36. The lowest BCUT2D eigenvalue weighted by Crippen LogP contribution is -2.35. The smallest absolute Gasteiger partial charge is 0.165 e. The van der Waals surface area contributed by atoms with Crippen LogP contribution in [0.4, 0.5) is 0 Å². The van der Waals surface area contributed by atoms with Gasteiger partial charge in [0, 0.05) is 6.20 Å². The van der Waals surface area contributed by atoms with Crippen LogP contribution in [-0.4, -0.2) is 16.2 Å². The predicted octanol–water partition coefficient (Wildman–Crippen LogP) is 5.33. The highest BCUT2D eigenvalue weighted by molar-refractivity contribution is 5.35. The Morgan fingerprint density at radius 3 is 2.00 bits per heavy atom. The minimum atomic E-state index is -0.665. The average molecular weight is 351 g/mol. The lowest BCUT2D eigenvalue weighted by Gasteiger charge is -2.32. The van der Waals surface area contributed by atoms with Gasteiger partial charge in [-0.05, 0) is 53.9 Å². The molecule has 4 heteroatoms. The van der Waals surface area contributed by atoms with E-state index < -0.39 is 12.2 Å². The largest absolute Gasteiger partial charge is 0.481 e. The third-order valence-corrected chi connectivity index (χ3v) is 4.17. The number of rotatable bonds is 6. The van der Waals surface area contributed by atoms with Crippen LogP contribution in [0, 0.1) is 5.41 Å². The molecule has 1 heterocycles. The van der Waals surface area contributed by atoms with Gasteiger partial charge in [-0.1, -0.05) is 39.0 Å². The van der Waals surface area contributed by atoms with Crippen LogP contribution >= 0.6 is 0 Å². The number of benzene rings is 2. The number of aromatic amines is 1. The first-order chi connectivity index (χ1) is 12.4. The highest BCUT2D eigenvalue weighted by Gasteiger charge is 2.33. The second kappa shape index (κ2) is 7.67. The Morgan fingerprint density at radius 2 is 1.42 bits per heavy atom.